The van der Waals surface area contributed by atoms with Crippen molar-refractivity contribution in [2.24, 2.45) is 0 Å². The van der Waals surface area contributed by atoms with Gasteiger partial charge in [0.05, 0.1) is 10.6 Å². The molecule has 0 aliphatic rings. The fraction of sp³-hybridized carbons (Fsp3) is 0.0909. The van der Waals surface area contributed by atoms with Crippen LogP contribution in [0.5, 0.6) is 0 Å². The van der Waals surface area contributed by atoms with Crippen LogP contribution in [0.4, 0.5) is 5.69 Å². The average Bonchev–Trinajstić information content (AvgIpc) is 3.07. The quantitative estimate of drug-likeness (QED) is 0.386. The second-order valence-electron chi connectivity index (χ2n) is 7.04. The Morgan fingerprint density at radius 2 is 1.84 bits per heavy atom. The van der Waals surface area contributed by atoms with Crippen LogP contribution < -0.4 is 4.72 Å². The third kappa shape index (κ3) is 4.14. The Kier molecular flexibility index (Phi) is 5.47. The molecule has 0 saturated heterocycles. The predicted molar refractivity (Wildman–Crippen MR) is 124 cm³/mol. The molecule has 31 heavy (non-hydrogen) atoms. The molecule has 2 aromatic carbocycles. The number of hydrogen-bond acceptors (Lipinski definition) is 5. The maximum Gasteiger partial charge on any atom is 0.346 e. The maximum atomic E-state index is 13.0. The fourth-order valence-electron chi connectivity index (χ4n) is 3.37. The van der Waals surface area contributed by atoms with Crippen molar-refractivity contribution in [1.82, 2.24) is 4.98 Å². The van der Waals surface area contributed by atoms with Gasteiger partial charge in [0.1, 0.15) is 9.71 Å². The monoisotopic (exact) mass is 472 g/mol. The smallest absolute Gasteiger partial charge is 0.346 e. The van der Waals surface area contributed by atoms with Crippen molar-refractivity contribution in [3.8, 4) is 11.1 Å². The van der Waals surface area contributed by atoms with E-state index >= 15 is 0 Å². The molecule has 2 heterocycles. The summed E-state index contributed by atoms with van der Waals surface area (Å²) in [6.45, 7) is 3.63. The summed E-state index contributed by atoms with van der Waals surface area (Å²) in [6, 6.07) is 14.9. The molecule has 9 heteroatoms. The number of carbonyl (C=O) groups is 1. The Labute approximate surface area is 188 Å². The topological polar surface area (TPSA) is 96.4 Å². The second-order valence-corrected chi connectivity index (χ2v) is 10.2. The largest absolute Gasteiger partial charge is 0.477 e. The van der Waals surface area contributed by atoms with Crippen molar-refractivity contribution in [3.63, 3.8) is 0 Å². The molecule has 0 fully saturated rings. The van der Waals surface area contributed by atoms with Gasteiger partial charge in [-0.15, -0.1) is 11.3 Å². The number of aromatic carboxylic acids is 1. The molecule has 4 aromatic rings. The van der Waals surface area contributed by atoms with Gasteiger partial charge < -0.3 is 5.11 Å². The lowest BCUT2D eigenvalue weighted by Gasteiger charge is -2.12. The molecule has 0 spiro atoms. The van der Waals surface area contributed by atoms with Crippen molar-refractivity contribution in [2.75, 3.05) is 4.72 Å². The number of nitrogens with zero attached hydrogens (tertiary/aromatic N) is 1. The third-order valence-corrected chi connectivity index (χ3v) is 7.31. The Hall–Kier alpha value is -2.94. The zero-order valence-electron chi connectivity index (χ0n) is 16.5. The van der Waals surface area contributed by atoms with E-state index in [2.05, 4.69) is 9.71 Å². The number of pyridine rings is 1. The molecule has 0 aliphatic carbocycles. The highest BCUT2D eigenvalue weighted by atomic mass is 35.5. The van der Waals surface area contributed by atoms with Gasteiger partial charge in [0.25, 0.3) is 10.0 Å². The predicted octanol–water partition coefficient (Wildman–Crippen LogP) is 5.73. The molecule has 158 valence electrons. The number of thiophene rings is 1. The number of aromatic nitrogens is 1. The van der Waals surface area contributed by atoms with Gasteiger partial charge >= 0.3 is 5.97 Å². The lowest BCUT2D eigenvalue weighted by molar-refractivity contribution is 0.0703. The van der Waals surface area contributed by atoms with Crippen molar-refractivity contribution in [1.29, 1.82) is 0 Å². The highest BCUT2D eigenvalue weighted by Crippen LogP contribution is 2.42. The Morgan fingerprint density at radius 1 is 1.10 bits per heavy atom. The van der Waals surface area contributed by atoms with Crippen LogP contribution in [0.25, 0.3) is 21.3 Å². The molecule has 6 nitrogen and oxygen atoms in total. The molecule has 4 rings (SSSR count). The maximum absolute atomic E-state index is 13.0. The first-order chi connectivity index (χ1) is 14.7. The number of carboxylic acids is 1. The highest BCUT2D eigenvalue weighted by molar-refractivity contribution is 7.92. The third-order valence-electron chi connectivity index (χ3n) is 4.64. The van der Waals surface area contributed by atoms with Gasteiger partial charge in [-0.2, -0.15) is 0 Å². The van der Waals surface area contributed by atoms with E-state index < -0.39 is 16.0 Å². The number of rotatable bonds is 5. The van der Waals surface area contributed by atoms with Gasteiger partial charge in [-0.1, -0.05) is 47.5 Å². The number of fused-ring (bicyclic) bond motifs is 1. The lowest BCUT2D eigenvalue weighted by atomic mass is 10.00. The summed E-state index contributed by atoms with van der Waals surface area (Å²) in [5, 5.41) is 10.6. The number of hydrogen-bond donors (Lipinski definition) is 2. The number of anilines is 1. The molecule has 0 bridgehead atoms. The summed E-state index contributed by atoms with van der Waals surface area (Å²) >= 11 is 6.99. The van der Waals surface area contributed by atoms with Crippen LogP contribution in [0.2, 0.25) is 5.02 Å². The highest BCUT2D eigenvalue weighted by Gasteiger charge is 2.25. The first-order valence-electron chi connectivity index (χ1n) is 9.18. The molecule has 0 aliphatic heterocycles. The Balaban J connectivity index is 1.99. The Bertz CT molecular complexity index is 1450. The average molecular weight is 473 g/mol. The number of sulfonamides is 1. The van der Waals surface area contributed by atoms with E-state index in [1.165, 1.54) is 12.1 Å². The minimum atomic E-state index is -3.97. The summed E-state index contributed by atoms with van der Waals surface area (Å²) in [6.07, 6.45) is 0. The number of carboxylic acid groups (broad SMARTS) is 1. The van der Waals surface area contributed by atoms with Crippen molar-refractivity contribution < 1.29 is 18.3 Å². The summed E-state index contributed by atoms with van der Waals surface area (Å²) in [5.41, 5.74) is 2.90. The summed E-state index contributed by atoms with van der Waals surface area (Å²) in [4.78, 5) is 17.0. The van der Waals surface area contributed by atoms with Crippen molar-refractivity contribution in [2.45, 2.75) is 18.7 Å². The van der Waals surface area contributed by atoms with Gasteiger partial charge in [-0.3, -0.25) is 4.72 Å². The standard InChI is InChI=1S/C22H17ClN2O4S2/c1-12-5-3-6-14(9-12)18-19-17(10-13(2)24-21(19)30-20(18)22(26)27)25-31(28,29)16-8-4-7-15(23)11-16/h3-11H,1-2H3,(H,24,25)(H,26,27). The van der Waals surface area contributed by atoms with Crippen LogP contribution in [-0.4, -0.2) is 24.5 Å². The van der Waals surface area contributed by atoms with Crippen LogP contribution in [0.1, 0.15) is 20.9 Å². The minimum absolute atomic E-state index is 0.00779. The van der Waals surface area contributed by atoms with Crippen LogP contribution in [-0.2, 0) is 10.0 Å². The van der Waals surface area contributed by atoms with Gasteiger partial charge in [0, 0.05) is 21.7 Å². The summed E-state index contributed by atoms with van der Waals surface area (Å²) < 4.78 is 28.7. The zero-order chi connectivity index (χ0) is 22.3. The first kappa shape index (κ1) is 21.3. The first-order valence-corrected chi connectivity index (χ1v) is 11.9. The summed E-state index contributed by atoms with van der Waals surface area (Å²) in [7, 11) is -3.97. The van der Waals surface area contributed by atoms with Crippen molar-refractivity contribution in [3.05, 3.63) is 75.8 Å². The molecule has 0 amide bonds. The van der Waals surface area contributed by atoms with Crippen LogP contribution in [0.3, 0.4) is 0 Å². The normalized spacial score (nSPS) is 11.6. The van der Waals surface area contributed by atoms with E-state index in [4.69, 9.17) is 11.6 Å². The Morgan fingerprint density at radius 3 is 2.52 bits per heavy atom. The van der Waals surface area contributed by atoms with E-state index in [1.807, 2.05) is 25.1 Å². The van der Waals surface area contributed by atoms with E-state index in [0.717, 1.165) is 16.9 Å². The van der Waals surface area contributed by atoms with Crippen molar-refractivity contribution >= 4 is 54.8 Å². The molecule has 0 saturated carbocycles. The van der Waals surface area contributed by atoms with Crippen LogP contribution in [0.15, 0.2) is 59.5 Å². The number of aryl methyl sites for hydroxylation is 2. The van der Waals surface area contributed by atoms with E-state index in [0.29, 0.717) is 32.1 Å². The number of halogens is 1. The van der Waals surface area contributed by atoms with E-state index in [9.17, 15) is 18.3 Å². The van der Waals surface area contributed by atoms with Gasteiger partial charge in [0.15, 0.2) is 0 Å². The molecule has 2 aromatic heterocycles. The summed E-state index contributed by atoms with van der Waals surface area (Å²) in [5.74, 6) is -1.10. The molecule has 0 radical (unpaired) electrons. The van der Waals surface area contributed by atoms with Crippen LogP contribution in [0, 0.1) is 13.8 Å². The molecular weight excluding hydrogens is 456 g/mol. The zero-order valence-corrected chi connectivity index (χ0v) is 18.9. The molecule has 0 atom stereocenters. The fourth-order valence-corrected chi connectivity index (χ4v) is 5.84. The van der Waals surface area contributed by atoms with Gasteiger partial charge in [-0.25, -0.2) is 18.2 Å². The number of nitrogens with one attached hydrogen (secondary N) is 1. The van der Waals surface area contributed by atoms with Gasteiger partial charge in [-0.05, 0) is 43.7 Å². The van der Waals surface area contributed by atoms with E-state index in [1.54, 1.807) is 31.2 Å². The second kappa shape index (κ2) is 7.96. The van der Waals surface area contributed by atoms with Crippen LogP contribution >= 0.6 is 22.9 Å². The SMILES string of the molecule is Cc1cccc(-c2c(C(=O)O)sc3nc(C)cc(NS(=O)(=O)c4cccc(Cl)c4)c23)c1. The molecule has 0 unspecified atom stereocenters. The molecular formula is C22H17ClN2O4S2. The molecule has 2 N–H and O–H groups in total. The number of benzene rings is 2. The van der Waals surface area contributed by atoms with E-state index in [-0.39, 0.29) is 15.5 Å². The lowest BCUT2D eigenvalue weighted by Crippen LogP contribution is -2.13. The van der Waals surface area contributed by atoms with Gasteiger partial charge in [0.2, 0.25) is 0 Å². The minimum Gasteiger partial charge on any atom is -0.477 e.